The number of hydrogen-bond acceptors (Lipinski definition) is 3. The molecule has 19 heavy (non-hydrogen) atoms. The Hall–Kier alpha value is -1.98. The Morgan fingerprint density at radius 1 is 1.47 bits per heavy atom. The van der Waals surface area contributed by atoms with Crippen molar-refractivity contribution in [2.45, 2.75) is 26.7 Å². The number of halogens is 1. The van der Waals surface area contributed by atoms with E-state index >= 15 is 0 Å². The highest BCUT2D eigenvalue weighted by Crippen LogP contribution is 2.18. The molecule has 6 heteroatoms. The van der Waals surface area contributed by atoms with E-state index in [1.807, 2.05) is 0 Å². The normalized spacial score (nSPS) is 10.5. The van der Waals surface area contributed by atoms with Gasteiger partial charge in [-0.25, -0.2) is 0 Å². The zero-order valence-electron chi connectivity index (χ0n) is 11.0. The Balaban J connectivity index is 2.62. The topological polar surface area (TPSA) is 72.2 Å². The zero-order chi connectivity index (χ0) is 14.4. The molecule has 0 saturated heterocycles. The summed E-state index contributed by atoms with van der Waals surface area (Å²) in [5.41, 5.74) is -0.590. The van der Waals surface area contributed by atoms with E-state index < -0.39 is 22.3 Å². The van der Waals surface area contributed by atoms with Crippen LogP contribution in [0.5, 0.6) is 0 Å². The van der Waals surface area contributed by atoms with Crippen molar-refractivity contribution in [3.63, 3.8) is 0 Å². The van der Waals surface area contributed by atoms with E-state index in [4.69, 9.17) is 0 Å². The molecule has 1 N–H and O–H groups in total. The van der Waals surface area contributed by atoms with Crippen LogP contribution in [0, 0.1) is 21.8 Å². The summed E-state index contributed by atoms with van der Waals surface area (Å²) in [6.07, 6.45) is 1.83. The SMILES string of the molecule is CC(C)CCCNC(=O)c1ccc(F)c([N+](=O)[O-])c1. The molecule has 0 aliphatic rings. The zero-order valence-corrected chi connectivity index (χ0v) is 11.0. The Morgan fingerprint density at radius 3 is 2.74 bits per heavy atom. The van der Waals surface area contributed by atoms with Gasteiger partial charge in [-0.3, -0.25) is 14.9 Å². The van der Waals surface area contributed by atoms with Crippen molar-refractivity contribution >= 4 is 11.6 Å². The maximum Gasteiger partial charge on any atom is 0.305 e. The second-order valence-electron chi connectivity index (χ2n) is 4.72. The third-order valence-electron chi connectivity index (χ3n) is 2.65. The number of nitrogens with one attached hydrogen (secondary N) is 1. The molecule has 104 valence electrons. The largest absolute Gasteiger partial charge is 0.352 e. The van der Waals surface area contributed by atoms with Gasteiger partial charge >= 0.3 is 5.69 Å². The molecule has 5 nitrogen and oxygen atoms in total. The molecule has 0 bridgehead atoms. The quantitative estimate of drug-likeness (QED) is 0.490. The minimum atomic E-state index is -0.943. The van der Waals surface area contributed by atoms with Gasteiger partial charge in [-0.15, -0.1) is 0 Å². The molecular formula is C13H17FN2O3. The number of amides is 1. The predicted octanol–water partition coefficient (Wildman–Crippen LogP) is 2.90. The highest BCUT2D eigenvalue weighted by Gasteiger charge is 2.17. The van der Waals surface area contributed by atoms with E-state index in [2.05, 4.69) is 19.2 Å². The van der Waals surface area contributed by atoms with Gasteiger partial charge in [0.15, 0.2) is 0 Å². The van der Waals surface area contributed by atoms with Gasteiger partial charge in [0.05, 0.1) is 4.92 Å². The van der Waals surface area contributed by atoms with Crippen LogP contribution in [0.1, 0.15) is 37.0 Å². The van der Waals surface area contributed by atoms with Gasteiger partial charge in [0.1, 0.15) is 0 Å². The van der Waals surface area contributed by atoms with Crippen molar-refractivity contribution in [3.8, 4) is 0 Å². The van der Waals surface area contributed by atoms with Crippen molar-refractivity contribution in [2.75, 3.05) is 6.54 Å². The Bertz CT molecular complexity index is 475. The molecule has 0 heterocycles. The molecule has 1 rings (SSSR count). The van der Waals surface area contributed by atoms with E-state index in [1.165, 1.54) is 6.07 Å². The van der Waals surface area contributed by atoms with Gasteiger partial charge in [0.25, 0.3) is 5.91 Å². The fraction of sp³-hybridized carbons (Fsp3) is 0.462. The minimum absolute atomic E-state index is 0.0950. The number of nitro groups is 1. The number of hydrogen-bond donors (Lipinski definition) is 1. The third-order valence-corrected chi connectivity index (χ3v) is 2.65. The summed E-state index contributed by atoms with van der Waals surface area (Å²) in [7, 11) is 0. The Morgan fingerprint density at radius 2 is 2.16 bits per heavy atom. The van der Waals surface area contributed by atoms with Gasteiger partial charge in [-0.2, -0.15) is 4.39 Å². The maximum atomic E-state index is 13.1. The van der Waals surface area contributed by atoms with Gasteiger partial charge in [0.2, 0.25) is 5.82 Å². The second-order valence-corrected chi connectivity index (χ2v) is 4.72. The molecule has 0 aliphatic carbocycles. The summed E-state index contributed by atoms with van der Waals surface area (Å²) in [5.74, 6) is -0.808. The Labute approximate surface area is 111 Å². The predicted molar refractivity (Wildman–Crippen MR) is 69.5 cm³/mol. The number of nitro benzene ring substituents is 1. The summed E-state index contributed by atoms with van der Waals surface area (Å²) >= 11 is 0. The second kappa shape index (κ2) is 6.82. The molecule has 0 unspecified atom stereocenters. The third kappa shape index (κ3) is 4.65. The summed E-state index contributed by atoms with van der Waals surface area (Å²) < 4.78 is 13.1. The number of carbonyl (C=O) groups excluding carboxylic acids is 1. The molecule has 0 aromatic heterocycles. The molecule has 1 aromatic carbocycles. The van der Waals surface area contributed by atoms with Crippen LogP contribution in [-0.2, 0) is 0 Å². The van der Waals surface area contributed by atoms with E-state index in [1.54, 1.807) is 0 Å². The number of benzene rings is 1. The highest BCUT2D eigenvalue weighted by atomic mass is 19.1. The molecule has 1 aromatic rings. The molecule has 0 saturated carbocycles. The average molecular weight is 268 g/mol. The van der Waals surface area contributed by atoms with Crippen molar-refractivity contribution < 1.29 is 14.1 Å². The fourth-order valence-corrected chi connectivity index (χ4v) is 1.61. The summed E-state index contributed by atoms with van der Waals surface area (Å²) in [4.78, 5) is 21.4. The smallest absolute Gasteiger partial charge is 0.305 e. The number of carbonyl (C=O) groups is 1. The fourth-order valence-electron chi connectivity index (χ4n) is 1.61. The highest BCUT2D eigenvalue weighted by molar-refractivity contribution is 5.94. The van der Waals surface area contributed by atoms with Crippen LogP contribution in [0.3, 0.4) is 0 Å². The monoisotopic (exact) mass is 268 g/mol. The molecule has 1 amide bonds. The van der Waals surface area contributed by atoms with Crippen LogP contribution < -0.4 is 5.32 Å². The standard InChI is InChI=1S/C13H17FN2O3/c1-9(2)4-3-7-15-13(17)10-5-6-11(14)12(8-10)16(18)19/h5-6,8-9H,3-4,7H2,1-2H3,(H,15,17). The summed E-state index contributed by atoms with van der Waals surface area (Å²) in [5, 5.41) is 13.2. The van der Waals surface area contributed by atoms with E-state index in [0.29, 0.717) is 12.5 Å². The van der Waals surface area contributed by atoms with E-state index in [-0.39, 0.29) is 5.56 Å². The van der Waals surface area contributed by atoms with Crippen molar-refractivity contribution in [1.29, 1.82) is 0 Å². The minimum Gasteiger partial charge on any atom is -0.352 e. The lowest BCUT2D eigenvalue weighted by Crippen LogP contribution is -2.24. The number of rotatable bonds is 6. The molecule has 0 spiro atoms. The summed E-state index contributed by atoms with van der Waals surface area (Å²) in [6.45, 7) is 4.68. The molecular weight excluding hydrogens is 251 g/mol. The van der Waals surface area contributed by atoms with Gasteiger partial charge in [0, 0.05) is 18.2 Å². The van der Waals surface area contributed by atoms with Crippen LogP contribution in [0.4, 0.5) is 10.1 Å². The Kier molecular flexibility index (Phi) is 5.41. The van der Waals surface area contributed by atoms with Gasteiger partial charge < -0.3 is 5.32 Å². The van der Waals surface area contributed by atoms with Crippen LogP contribution in [-0.4, -0.2) is 17.4 Å². The van der Waals surface area contributed by atoms with Gasteiger partial charge in [-0.05, 0) is 30.9 Å². The first-order valence-electron chi connectivity index (χ1n) is 6.14. The molecule has 0 aliphatic heterocycles. The van der Waals surface area contributed by atoms with Crippen LogP contribution in [0.15, 0.2) is 18.2 Å². The summed E-state index contributed by atoms with van der Waals surface area (Å²) in [6, 6.07) is 3.12. The van der Waals surface area contributed by atoms with Gasteiger partial charge in [-0.1, -0.05) is 13.8 Å². The van der Waals surface area contributed by atoms with E-state index in [9.17, 15) is 19.3 Å². The van der Waals surface area contributed by atoms with Crippen molar-refractivity contribution in [2.24, 2.45) is 5.92 Å². The number of nitrogens with zero attached hydrogens (tertiary/aromatic N) is 1. The van der Waals surface area contributed by atoms with Crippen LogP contribution >= 0.6 is 0 Å². The first-order valence-corrected chi connectivity index (χ1v) is 6.14. The van der Waals surface area contributed by atoms with Crippen LogP contribution in [0.25, 0.3) is 0 Å². The van der Waals surface area contributed by atoms with Crippen molar-refractivity contribution in [3.05, 3.63) is 39.7 Å². The lowest BCUT2D eigenvalue weighted by molar-refractivity contribution is -0.387. The van der Waals surface area contributed by atoms with Crippen molar-refractivity contribution in [1.82, 2.24) is 5.32 Å². The molecule has 0 atom stereocenters. The lowest BCUT2D eigenvalue weighted by atomic mass is 10.1. The molecule has 0 fully saturated rings. The lowest BCUT2D eigenvalue weighted by Gasteiger charge is -2.07. The van der Waals surface area contributed by atoms with E-state index in [0.717, 1.165) is 25.0 Å². The first kappa shape index (κ1) is 15.1. The average Bonchev–Trinajstić information content (AvgIpc) is 2.34. The first-order chi connectivity index (χ1) is 8.91. The van der Waals surface area contributed by atoms with Crippen LogP contribution in [0.2, 0.25) is 0 Å². The maximum absolute atomic E-state index is 13.1. The molecule has 0 radical (unpaired) electrons.